The summed E-state index contributed by atoms with van der Waals surface area (Å²) in [7, 11) is -3.63. The number of fused-ring (bicyclic) bond motifs is 1. The van der Waals surface area contributed by atoms with Crippen LogP contribution in [0.5, 0.6) is 0 Å². The lowest BCUT2D eigenvalue weighted by Crippen LogP contribution is -2.38. The second kappa shape index (κ2) is 7.50. The van der Waals surface area contributed by atoms with Crippen LogP contribution in [0.4, 0.5) is 0 Å². The van der Waals surface area contributed by atoms with Crippen LogP contribution in [-0.4, -0.2) is 42.2 Å². The van der Waals surface area contributed by atoms with Gasteiger partial charge in [0.05, 0.1) is 10.5 Å². The first kappa shape index (κ1) is 19.1. The number of nitrogens with two attached hydrogens (primary N) is 1. The van der Waals surface area contributed by atoms with Gasteiger partial charge in [0.2, 0.25) is 10.0 Å². The number of carbonyl (C=O) groups excluding carboxylic acids is 1. The Morgan fingerprint density at radius 1 is 1.15 bits per heavy atom. The van der Waals surface area contributed by atoms with Gasteiger partial charge in [-0.15, -0.1) is 0 Å². The molecule has 8 heteroatoms. The van der Waals surface area contributed by atoms with E-state index in [1.807, 2.05) is 24.3 Å². The summed E-state index contributed by atoms with van der Waals surface area (Å²) in [4.78, 5) is 12.8. The molecule has 142 valence electrons. The number of carbonyl (C=O) groups is 1. The Bertz CT molecular complexity index is 1010. The summed E-state index contributed by atoms with van der Waals surface area (Å²) in [5.41, 5.74) is 11.0. The van der Waals surface area contributed by atoms with Crippen molar-refractivity contribution in [1.82, 2.24) is 9.73 Å². The summed E-state index contributed by atoms with van der Waals surface area (Å²) in [6, 6.07) is 13.7. The third-order valence-corrected chi connectivity index (χ3v) is 6.63. The van der Waals surface area contributed by atoms with Crippen LogP contribution in [0.2, 0.25) is 0 Å². The number of amides is 1. The summed E-state index contributed by atoms with van der Waals surface area (Å²) in [6.07, 6.45) is 0. The lowest BCUT2D eigenvalue weighted by molar-refractivity contribution is -0.584. The number of amidine groups is 1. The lowest BCUT2D eigenvalue weighted by Gasteiger charge is -2.18. The smallest absolute Gasteiger partial charge is 0.285 e. The van der Waals surface area contributed by atoms with Crippen LogP contribution in [-0.2, 0) is 16.6 Å². The number of nitrogens with one attached hydrogen (secondary N) is 1. The predicted molar refractivity (Wildman–Crippen MR) is 103 cm³/mol. The standard InChI is InChI=1S/C19H22N4O3S/c1-3-22(4-2)27(25,26)16-10-7-9-14(12-16)19(24)21-23-13-15-8-5-6-11-17(15)18(23)20/h5-12,20H,3-4,13H2,1-2H3,(H,21,24)/p+1. The molecule has 1 aliphatic rings. The lowest BCUT2D eigenvalue weighted by atomic mass is 10.1. The van der Waals surface area contributed by atoms with Crippen LogP contribution in [0.3, 0.4) is 0 Å². The molecule has 0 radical (unpaired) electrons. The number of sulfonamides is 1. The second-order valence-electron chi connectivity index (χ2n) is 6.19. The minimum absolute atomic E-state index is 0.0977. The number of benzene rings is 2. The monoisotopic (exact) mass is 387 g/mol. The molecule has 0 saturated heterocycles. The fraction of sp³-hybridized carbons (Fsp3) is 0.263. The molecule has 27 heavy (non-hydrogen) atoms. The molecule has 0 spiro atoms. The zero-order chi connectivity index (χ0) is 19.6. The van der Waals surface area contributed by atoms with E-state index in [1.54, 1.807) is 30.7 Å². The molecule has 3 N–H and O–H groups in total. The van der Waals surface area contributed by atoms with E-state index in [-0.39, 0.29) is 10.5 Å². The fourth-order valence-electron chi connectivity index (χ4n) is 3.11. The Hall–Kier alpha value is -2.71. The van der Waals surface area contributed by atoms with Gasteiger partial charge in [-0.1, -0.05) is 38.1 Å². The van der Waals surface area contributed by atoms with E-state index >= 15 is 0 Å². The number of nitrogens with zero attached hydrogens (tertiary/aromatic N) is 2. The van der Waals surface area contributed by atoms with Crippen molar-refractivity contribution < 1.29 is 17.9 Å². The number of hydrazone groups is 1. The Kier molecular flexibility index (Phi) is 5.29. The SMILES string of the molecule is CCN(CC)S(=O)(=O)c1cccc(C(=O)N[N+]2=C(N)c3ccccc3C2)c1. The molecule has 1 heterocycles. The van der Waals surface area contributed by atoms with Gasteiger partial charge in [0, 0.05) is 24.2 Å². The van der Waals surface area contributed by atoms with E-state index in [4.69, 9.17) is 5.73 Å². The van der Waals surface area contributed by atoms with Gasteiger partial charge in [0.15, 0.2) is 0 Å². The Morgan fingerprint density at radius 3 is 2.52 bits per heavy atom. The summed E-state index contributed by atoms with van der Waals surface area (Å²) in [5, 5.41) is 0. The molecule has 3 rings (SSSR count). The predicted octanol–water partition coefficient (Wildman–Crippen LogP) is 1.29. The van der Waals surface area contributed by atoms with Crippen LogP contribution >= 0.6 is 0 Å². The molecule has 0 fully saturated rings. The molecule has 1 amide bonds. The Labute approximate surface area is 159 Å². The van der Waals surface area contributed by atoms with Crippen molar-refractivity contribution in [3.63, 3.8) is 0 Å². The van der Waals surface area contributed by atoms with Gasteiger partial charge in [0.25, 0.3) is 11.7 Å². The maximum absolute atomic E-state index is 12.7. The van der Waals surface area contributed by atoms with E-state index < -0.39 is 15.9 Å². The Morgan fingerprint density at radius 2 is 1.85 bits per heavy atom. The normalized spacial score (nSPS) is 13.7. The topological polar surface area (TPSA) is 95.5 Å². The maximum atomic E-state index is 12.7. The highest BCUT2D eigenvalue weighted by atomic mass is 32.2. The molecule has 7 nitrogen and oxygen atoms in total. The van der Waals surface area contributed by atoms with Crippen molar-refractivity contribution in [2.45, 2.75) is 25.3 Å². The van der Waals surface area contributed by atoms with Crippen molar-refractivity contribution in [2.75, 3.05) is 13.1 Å². The molecule has 0 bridgehead atoms. The first-order valence-corrected chi connectivity index (χ1v) is 10.2. The highest BCUT2D eigenvalue weighted by molar-refractivity contribution is 7.89. The molecule has 0 unspecified atom stereocenters. The van der Waals surface area contributed by atoms with Gasteiger partial charge < -0.3 is 0 Å². The van der Waals surface area contributed by atoms with Gasteiger partial charge in [0.1, 0.15) is 6.54 Å². The highest BCUT2D eigenvalue weighted by Gasteiger charge is 2.27. The molecule has 2 aromatic carbocycles. The van der Waals surface area contributed by atoms with Crippen molar-refractivity contribution in [3.05, 3.63) is 65.2 Å². The first-order chi connectivity index (χ1) is 12.9. The fourth-order valence-corrected chi connectivity index (χ4v) is 4.61. The van der Waals surface area contributed by atoms with E-state index in [2.05, 4.69) is 5.43 Å². The van der Waals surface area contributed by atoms with E-state index in [0.29, 0.717) is 25.5 Å². The zero-order valence-electron chi connectivity index (χ0n) is 15.3. The minimum Gasteiger partial charge on any atom is -0.285 e. The zero-order valence-corrected chi connectivity index (χ0v) is 16.2. The average molecular weight is 387 g/mol. The average Bonchev–Trinajstić information content (AvgIpc) is 2.98. The molecule has 2 aromatic rings. The van der Waals surface area contributed by atoms with Crippen molar-refractivity contribution in [3.8, 4) is 0 Å². The quantitative estimate of drug-likeness (QED) is 0.730. The summed E-state index contributed by atoms with van der Waals surface area (Å²) in [6.45, 7) is 4.76. The molecular weight excluding hydrogens is 364 g/mol. The van der Waals surface area contributed by atoms with Crippen LogP contribution in [0, 0.1) is 0 Å². The highest BCUT2D eigenvalue weighted by Crippen LogP contribution is 2.18. The number of hydrazine groups is 1. The second-order valence-corrected chi connectivity index (χ2v) is 8.12. The van der Waals surface area contributed by atoms with Crippen LogP contribution in [0.1, 0.15) is 35.3 Å². The molecule has 0 atom stereocenters. The summed E-state index contributed by atoms with van der Waals surface area (Å²) in [5.74, 6) is 0.0493. The summed E-state index contributed by atoms with van der Waals surface area (Å²) >= 11 is 0. The van der Waals surface area contributed by atoms with Crippen LogP contribution < -0.4 is 11.2 Å². The van der Waals surface area contributed by atoms with Crippen molar-refractivity contribution in [1.29, 1.82) is 0 Å². The third kappa shape index (κ3) is 3.58. The largest absolute Gasteiger partial charge is 0.299 e. The number of hydrogen-bond acceptors (Lipinski definition) is 4. The van der Waals surface area contributed by atoms with Gasteiger partial charge >= 0.3 is 0 Å². The van der Waals surface area contributed by atoms with E-state index in [9.17, 15) is 13.2 Å². The molecule has 0 aliphatic carbocycles. The summed E-state index contributed by atoms with van der Waals surface area (Å²) < 4.78 is 28.3. The number of rotatable bonds is 6. The van der Waals surface area contributed by atoms with Crippen molar-refractivity contribution >= 4 is 21.8 Å². The van der Waals surface area contributed by atoms with Crippen molar-refractivity contribution in [2.24, 2.45) is 5.73 Å². The molecule has 0 saturated carbocycles. The van der Waals surface area contributed by atoms with Gasteiger partial charge in [-0.25, -0.2) is 8.42 Å². The van der Waals surface area contributed by atoms with Gasteiger partial charge in [-0.2, -0.15) is 14.4 Å². The number of hydrogen-bond donors (Lipinski definition) is 2. The molecule has 0 aromatic heterocycles. The van der Waals surface area contributed by atoms with Gasteiger partial charge in [-0.05, 0) is 24.3 Å². The maximum Gasteiger partial charge on any atom is 0.299 e. The van der Waals surface area contributed by atoms with E-state index in [1.165, 1.54) is 16.4 Å². The first-order valence-electron chi connectivity index (χ1n) is 8.78. The molecular formula is C19H23N4O3S+. The van der Waals surface area contributed by atoms with Crippen LogP contribution in [0.15, 0.2) is 53.4 Å². The Balaban J connectivity index is 1.84. The van der Waals surface area contributed by atoms with Gasteiger partial charge in [-0.3, -0.25) is 10.5 Å². The van der Waals surface area contributed by atoms with Crippen LogP contribution in [0.25, 0.3) is 0 Å². The third-order valence-electron chi connectivity index (χ3n) is 4.59. The van der Waals surface area contributed by atoms with E-state index in [0.717, 1.165) is 11.1 Å². The minimum atomic E-state index is -3.63. The molecule has 1 aliphatic heterocycles.